The molecule has 2 aromatic rings. The van der Waals surface area contributed by atoms with Crippen LogP contribution in [0, 0.1) is 0 Å². The minimum Gasteiger partial charge on any atom is -0.840 e. The average molecular weight is 278 g/mol. The predicted molar refractivity (Wildman–Crippen MR) is 72.0 cm³/mol. The Morgan fingerprint density at radius 1 is 1.10 bits per heavy atom. The molecule has 4 nitrogen and oxygen atoms in total. The monoisotopic (exact) mass is 278 g/mol. The fourth-order valence-corrected chi connectivity index (χ4v) is 1.72. The Morgan fingerprint density at radius 2 is 1.71 bits per heavy atom. The third-order valence-electron chi connectivity index (χ3n) is 2.86. The maximum absolute atomic E-state index is 11.9. The van der Waals surface area contributed by atoms with Gasteiger partial charge in [0, 0.05) is 6.10 Å². The Morgan fingerprint density at radius 3 is 2.29 bits per heavy atom. The van der Waals surface area contributed by atoms with Crippen LogP contribution >= 0.6 is 0 Å². The molecule has 2 rings (SSSR count). The van der Waals surface area contributed by atoms with Crippen molar-refractivity contribution >= 4 is 5.97 Å². The summed E-state index contributed by atoms with van der Waals surface area (Å²) in [6.45, 7) is 0.0778. The number of carbonyl (C=O) groups is 1. The van der Waals surface area contributed by atoms with Crippen LogP contribution in [0.3, 0.4) is 0 Å². The Balaban J connectivity index is 0.00000220. The van der Waals surface area contributed by atoms with Crippen LogP contribution in [0.2, 0.25) is 0 Å². The number of hydrogen-bond donors (Lipinski definition) is 0. The van der Waals surface area contributed by atoms with Crippen LogP contribution in [0.25, 0.3) is 0 Å². The van der Waals surface area contributed by atoms with Crippen molar-refractivity contribution in [2.45, 2.75) is 12.7 Å². The number of esters is 1. The van der Waals surface area contributed by atoms with Gasteiger partial charge in [-0.3, -0.25) is 4.79 Å². The van der Waals surface area contributed by atoms with Gasteiger partial charge < -0.3 is 14.6 Å². The SMILES string of the molecule is COc1ccc(COC(=O)[C@H]([O-])c2ccccc2)cc1.[Li+]. The zero-order valence-electron chi connectivity index (χ0n) is 12.1. The second-order valence-electron chi connectivity index (χ2n) is 4.25. The van der Waals surface area contributed by atoms with Crippen molar-refractivity contribution in [1.29, 1.82) is 0 Å². The number of methoxy groups -OCH3 is 1. The topological polar surface area (TPSA) is 58.6 Å². The smallest absolute Gasteiger partial charge is 0.840 e. The molecule has 0 aliphatic carbocycles. The van der Waals surface area contributed by atoms with Gasteiger partial charge in [-0.25, -0.2) is 0 Å². The summed E-state index contributed by atoms with van der Waals surface area (Å²) in [5.41, 5.74) is 1.21. The van der Waals surface area contributed by atoms with E-state index in [1.54, 1.807) is 61.7 Å². The summed E-state index contributed by atoms with van der Waals surface area (Å²) in [6.07, 6.45) is -1.51. The Bertz CT molecular complexity index is 554. The van der Waals surface area contributed by atoms with Crippen molar-refractivity contribution in [2.75, 3.05) is 7.11 Å². The fourth-order valence-electron chi connectivity index (χ4n) is 1.72. The minimum atomic E-state index is -1.51. The van der Waals surface area contributed by atoms with Gasteiger partial charge in [-0.05, 0) is 17.7 Å². The van der Waals surface area contributed by atoms with Crippen LogP contribution in [-0.4, -0.2) is 13.1 Å². The first-order valence-corrected chi connectivity index (χ1v) is 6.21. The zero-order chi connectivity index (χ0) is 14.4. The number of ether oxygens (including phenoxy) is 2. The first-order valence-electron chi connectivity index (χ1n) is 6.21. The maximum atomic E-state index is 11.9. The molecule has 1 atom stereocenters. The van der Waals surface area contributed by atoms with Crippen LogP contribution in [0.1, 0.15) is 17.2 Å². The van der Waals surface area contributed by atoms with Crippen LogP contribution < -0.4 is 28.7 Å². The number of benzene rings is 2. The Labute approximate surface area is 135 Å². The first kappa shape index (κ1) is 17.3. The number of carbonyl (C=O) groups excluding carboxylic acids is 1. The molecule has 0 aliphatic rings. The van der Waals surface area contributed by atoms with Gasteiger partial charge in [-0.15, -0.1) is 0 Å². The minimum absolute atomic E-state index is 0. The summed E-state index contributed by atoms with van der Waals surface area (Å²) in [5.74, 6) is -0.0434. The van der Waals surface area contributed by atoms with E-state index in [1.807, 2.05) is 0 Å². The molecule has 0 fully saturated rings. The molecule has 2 aromatic carbocycles. The van der Waals surface area contributed by atoms with E-state index in [0.717, 1.165) is 11.3 Å². The van der Waals surface area contributed by atoms with Gasteiger partial charge in [0.15, 0.2) is 0 Å². The number of rotatable bonds is 5. The summed E-state index contributed by atoms with van der Waals surface area (Å²) in [5, 5.41) is 11.9. The van der Waals surface area contributed by atoms with E-state index in [4.69, 9.17) is 9.47 Å². The summed E-state index contributed by atoms with van der Waals surface area (Å²) < 4.78 is 10.1. The van der Waals surface area contributed by atoms with Crippen molar-refractivity contribution in [3.8, 4) is 5.75 Å². The second-order valence-corrected chi connectivity index (χ2v) is 4.25. The molecule has 0 radical (unpaired) electrons. The van der Waals surface area contributed by atoms with E-state index in [-0.39, 0.29) is 25.5 Å². The molecule has 0 spiro atoms. The summed E-state index contributed by atoms with van der Waals surface area (Å²) in [6, 6.07) is 15.6. The van der Waals surface area contributed by atoms with Gasteiger partial charge in [0.1, 0.15) is 12.4 Å². The molecule has 5 heteroatoms. The molecule has 0 unspecified atom stereocenters. The average Bonchev–Trinajstić information content (AvgIpc) is 2.53. The molecule has 0 amide bonds. The van der Waals surface area contributed by atoms with E-state index < -0.39 is 12.1 Å². The van der Waals surface area contributed by atoms with Crippen molar-refractivity contribution in [3.05, 3.63) is 65.7 Å². The summed E-state index contributed by atoms with van der Waals surface area (Å²) in [4.78, 5) is 11.7. The van der Waals surface area contributed by atoms with Crippen LogP contribution in [-0.2, 0) is 16.1 Å². The van der Waals surface area contributed by atoms with E-state index in [2.05, 4.69) is 0 Å². The zero-order valence-corrected chi connectivity index (χ0v) is 12.1. The standard InChI is InChI=1S/C16H15O4.Li/c1-19-14-9-7-12(8-10-14)11-20-16(18)15(17)13-5-3-2-4-6-13;/h2-10,15H,11H2,1H3;/q-1;+1/t15-;/m1./s1. The van der Waals surface area contributed by atoms with E-state index >= 15 is 0 Å². The van der Waals surface area contributed by atoms with Crippen LogP contribution in [0.15, 0.2) is 54.6 Å². The summed E-state index contributed by atoms with van der Waals surface area (Å²) >= 11 is 0. The quantitative estimate of drug-likeness (QED) is 0.511. The molecular formula is C16H15LiO4. The molecule has 0 N–H and O–H groups in total. The van der Waals surface area contributed by atoms with Gasteiger partial charge in [0.2, 0.25) is 0 Å². The Hall–Kier alpha value is -1.73. The molecule has 0 aliphatic heterocycles. The largest absolute Gasteiger partial charge is 1.00 e. The van der Waals surface area contributed by atoms with Gasteiger partial charge in [-0.2, -0.15) is 0 Å². The van der Waals surface area contributed by atoms with Crippen molar-refractivity contribution < 1.29 is 38.2 Å². The van der Waals surface area contributed by atoms with Gasteiger partial charge in [0.05, 0.1) is 7.11 Å². The molecule has 0 heterocycles. The first-order chi connectivity index (χ1) is 9.70. The van der Waals surface area contributed by atoms with E-state index in [1.165, 1.54) is 0 Å². The molecule has 0 saturated carbocycles. The maximum Gasteiger partial charge on any atom is 1.00 e. The third kappa shape index (κ3) is 4.94. The van der Waals surface area contributed by atoms with Crippen molar-refractivity contribution in [3.63, 3.8) is 0 Å². The Kier molecular flexibility index (Phi) is 7.04. The van der Waals surface area contributed by atoms with Crippen molar-refractivity contribution in [2.24, 2.45) is 0 Å². The van der Waals surface area contributed by atoms with Gasteiger partial charge in [-0.1, -0.05) is 48.0 Å². The van der Waals surface area contributed by atoms with Gasteiger partial charge >= 0.3 is 18.9 Å². The second kappa shape index (κ2) is 8.53. The normalized spacial score (nSPS) is 11.1. The molecular weight excluding hydrogens is 263 g/mol. The molecule has 21 heavy (non-hydrogen) atoms. The van der Waals surface area contributed by atoms with Gasteiger partial charge in [0.25, 0.3) is 5.97 Å². The van der Waals surface area contributed by atoms with E-state index in [9.17, 15) is 9.90 Å². The molecule has 0 bridgehead atoms. The van der Waals surface area contributed by atoms with Crippen molar-refractivity contribution in [1.82, 2.24) is 0 Å². The summed E-state index contributed by atoms with van der Waals surface area (Å²) in [7, 11) is 1.58. The predicted octanol–water partition coefficient (Wildman–Crippen LogP) is -1.16. The van der Waals surface area contributed by atoms with Crippen LogP contribution in [0.5, 0.6) is 5.75 Å². The third-order valence-corrected chi connectivity index (χ3v) is 2.86. The number of hydrogen-bond acceptors (Lipinski definition) is 4. The van der Waals surface area contributed by atoms with E-state index in [0.29, 0.717) is 5.56 Å². The van der Waals surface area contributed by atoms with Crippen LogP contribution in [0.4, 0.5) is 0 Å². The molecule has 0 aromatic heterocycles. The fraction of sp³-hybridized carbons (Fsp3) is 0.188. The molecule has 0 saturated heterocycles. The molecule has 104 valence electrons.